The number of ether oxygens (including phenoxy) is 2. The van der Waals surface area contributed by atoms with E-state index < -0.39 is 0 Å². The van der Waals surface area contributed by atoms with Crippen LogP contribution in [-0.2, 0) is 9.47 Å². The summed E-state index contributed by atoms with van der Waals surface area (Å²) in [5.41, 5.74) is 0.644. The molecule has 0 aromatic rings. The zero-order valence-corrected chi connectivity index (χ0v) is 9.21. The monoisotopic (exact) mass is 209 g/mol. The van der Waals surface area contributed by atoms with Crippen molar-refractivity contribution in [1.82, 2.24) is 4.90 Å². The third-order valence-corrected chi connectivity index (χ3v) is 5.02. The quantitative estimate of drug-likeness (QED) is 0.651. The molecule has 0 unspecified atom stereocenters. The first-order valence-electron chi connectivity index (χ1n) is 6.33. The van der Waals surface area contributed by atoms with E-state index in [-0.39, 0.29) is 5.79 Å². The maximum atomic E-state index is 5.76. The van der Waals surface area contributed by atoms with Crippen molar-refractivity contribution in [3.8, 4) is 0 Å². The Morgan fingerprint density at radius 2 is 1.53 bits per heavy atom. The minimum absolute atomic E-state index is 0.181. The van der Waals surface area contributed by atoms with Crippen molar-refractivity contribution in [1.29, 1.82) is 0 Å². The second kappa shape index (κ2) is 2.76. The standard InChI is InChI=1S/C12H19NO2/c1-3-13(11-7-10(8-11)9-11)4-2-12(1)14-5-6-15-12/h10H,1-9H2. The van der Waals surface area contributed by atoms with Gasteiger partial charge in [-0.1, -0.05) is 0 Å². The normalized spacial score (nSPS) is 47.6. The van der Waals surface area contributed by atoms with Gasteiger partial charge >= 0.3 is 0 Å². The molecular formula is C12H19NO2. The van der Waals surface area contributed by atoms with Gasteiger partial charge in [0.15, 0.2) is 5.79 Å². The maximum Gasteiger partial charge on any atom is 0.170 e. The summed E-state index contributed by atoms with van der Waals surface area (Å²) in [7, 11) is 0. The average Bonchev–Trinajstić information content (AvgIpc) is 2.53. The Kier molecular flexibility index (Phi) is 1.65. The lowest BCUT2D eigenvalue weighted by Gasteiger charge is -2.67. The Hall–Kier alpha value is -0.120. The minimum Gasteiger partial charge on any atom is -0.347 e. The number of hydrogen-bond acceptors (Lipinski definition) is 3. The zero-order valence-electron chi connectivity index (χ0n) is 9.21. The highest BCUT2D eigenvalue weighted by Crippen LogP contribution is 2.61. The largest absolute Gasteiger partial charge is 0.347 e. The molecule has 0 radical (unpaired) electrons. The lowest BCUT2D eigenvalue weighted by atomic mass is 9.49. The van der Waals surface area contributed by atoms with Crippen LogP contribution in [0.15, 0.2) is 0 Å². The Balaban J connectivity index is 1.42. The number of likely N-dealkylation sites (tertiary alicyclic amines) is 1. The highest BCUT2D eigenvalue weighted by Gasteiger charge is 2.60. The van der Waals surface area contributed by atoms with E-state index in [1.807, 2.05) is 0 Å². The highest BCUT2D eigenvalue weighted by atomic mass is 16.7. The number of hydrogen-bond donors (Lipinski definition) is 0. The lowest BCUT2D eigenvalue weighted by molar-refractivity contribution is -0.220. The molecule has 0 aromatic heterocycles. The van der Waals surface area contributed by atoms with Crippen molar-refractivity contribution in [2.75, 3.05) is 26.3 Å². The van der Waals surface area contributed by atoms with Gasteiger partial charge < -0.3 is 9.47 Å². The molecule has 2 heterocycles. The zero-order chi connectivity index (χ0) is 9.93. The first kappa shape index (κ1) is 8.97. The molecule has 2 aliphatic heterocycles. The third-order valence-electron chi connectivity index (χ3n) is 5.02. The van der Waals surface area contributed by atoms with Gasteiger partial charge in [-0.25, -0.2) is 0 Å². The molecule has 0 N–H and O–H groups in total. The van der Waals surface area contributed by atoms with Crippen LogP contribution in [0, 0.1) is 5.92 Å². The van der Waals surface area contributed by atoms with Gasteiger partial charge in [0, 0.05) is 31.5 Å². The van der Waals surface area contributed by atoms with E-state index in [0.29, 0.717) is 5.54 Å². The van der Waals surface area contributed by atoms with Crippen LogP contribution in [0.1, 0.15) is 32.1 Å². The second-order valence-electron chi connectivity index (χ2n) is 5.80. The molecule has 0 amide bonds. The molecule has 2 bridgehead atoms. The average molecular weight is 209 g/mol. The molecule has 0 atom stereocenters. The molecule has 15 heavy (non-hydrogen) atoms. The third kappa shape index (κ3) is 1.12. The molecule has 3 aliphatic carbocycles. The summed E-state index contributed by atoms with van der Waals surface area (Å²) in [6.45, 7) is 3.97. The van der Waals surface area contributed by atoms with Crippen LogP contribution in [0.4, 0.5) is 0 Å². The Morgan fingerprint density at radius 1 is 0.933 bits per heavy atom. The van der Waals surface area contributed by atoms with Crippen LogP contribution < -0.4 is 0 Å². The molecule has 1 spiro atoms. The van der Waals surface area contributed by atoms with E-state index in [9.17, 15) is 0 Å². The van der Waals surface area contributed by atoms with Crippen LogP contribution >= 0.6 is 0 Å². The molecular weight excluding hydrogens is 190 g/mol. The highest BCUT2D eigenvalue weighted by molar-refractivity contribution is 5.15. The van der Waals surface area contributed by atoms with Crippen LogP contribution in [0.25, 0.3) is 0 Å². The van der Waals surface area contributed by atoms with Crippen LogP contribution in [-0.4, -0.2) is 42.5 Å². The summed E-state index contributed by atoms with van der Waals surface area (Å²) in [5, 5.41) is 0. The van der Waals surface area contributed by atoms with Crippen LogP contribution in [0.2, 0.25) is 0 Å². The molecule has 3 nitrogen and oxygen atoms in total. The van der Waals surface area contributed by atoms with Gasteiger partial charge in [-0.3, -0.25) is 4.90 Å². The van der Waals surface area contributed by atoms with Crippen LogP contribution in [0.5, 0.6) is 0 Å². The van der Waals surface area contributed by atoms with Crippen molar-refractivity contribution in [2.45, 2.75) is 43.4 Å². The SMILES string of the molecule is C1COC2(CCN(C34CC(C3)C4)CC2)O1. The van der Waals surface area contributed by atoms with E-state index in [0.717, 1.165) is 32.0 Å². The first-order chi connectivity index (χ1) is 7.30. The van der Waals surface area contributed by atoms with Gasteiger partial charge in [0.25, 0.3) is 0 Å². The maximum absolute atomic E-state index is 5.76. The second-order valence-corrected chi connectivity index (χ2v) is 5.80. The summed E-state index contributed by atoms with van der Waals surface area (Å²) in [4.78, 5) is 2.71. The molecule has 2 saturated heterocycles. The van der Waals surface area contributed by atoms with E-state index in [2.05, 4.69) is 4.90 Å². The predicted molar refractivity (Wildman–Crippen MR) is 55.5 cm³/mol. The van der Waals surface area contributed by atoms with Gasteiger partial charge in [0.1, 0.15) is 0 Å². The van der Waals surface area contributed by atoms with E-state index in [1.165, 1.54) is 32.4 Å². The minimum atomic E-state index is -0.181. The molecule has 3 heteroatoms. The van der Waals surface area contributed by atoms with Gasteiger partial charge in [0.2, 0.25) is 0 Å². The van der Waals surface area contributed by atoms with Crippen molar-refractivity contribution in [3.63, 3.8) is 0 Å². The van der Waals surface area contributed by atoms with Crippen molar-refractivity contribution in [3.05, 3.63) is 0 Å². The fourth-order valence-electron chi connectivity index (χ4n) is 3.93. The molecule has 5 rings (SSSR count). The molecule has 5 aliphatic rings. The van der Waals surface area contributed by atoms with Crippen molar-refractivity contribution in [2.24, 2.45) is 5.92 Å². The number of nitrogens with zero attached hydrogens (tertiary/aromatic N) is 1. The number of rotatable bonds is 1. The molecule has 3 saturated carbocycles. The summed E-state index contributed by atoms with van der Waals surface area (Å²) in [6, 6.07) is 0. The van der Waals surface area contributed by atoms with E-state index in [4.69, 9.17) is 9.47 Å². The molecule has 0 aromatic carbocycles. The van der Waals surface area contributed by atoms with E-state index >= 15 is 0 Å². The summed E-state index contributed by atoms with van der Waals surface area (Å²) in [5.74, 6) is 0.903. The topological polar surface area (TPSA) is 21.7 Å². The lowest BCUT2D eigenvalue weighted by Crippen LogP contribution is -2.70. The van der Waals surface area contributed by atoms with Crippen molar-refractivity contribution >= 4 is 0 Å². The van der Waals surface area contributed by atoms with Gasteiger partial charge in [-0.05, 0) is 25.2 Å². The Morgan fingerprint density at radius 3 is 2.00 bits per heavy atom. The number of piperidine rings is 1. The first-order valence-corrected chi connectivity index (χ1v) is 6.33. The molecule has 5 fully saturated rings. The van der Waals surface area contributed by atoms with Crippen molar-refractivity contribution < 1.29 is 9.47 Å². The smallest absolute Gasteiger partial charge is 0.170 e. The summed E-state index contributed by atoms with van der Waals surface area (Å²) >= 11 is 0. The fraction of sp³-hybridized carbons (Fsp3) is 1.00. The predicted octanol–water partition coefficient (Wildman–Crippen LogP) is 1.38. The van der Waals surface area contributed by atoms with Gasteiger partial charge in [-0.2, -0.15) is 0 Å². The Labute approximate surface area is 90.7 Å². The van der Waals surface area contributed by atoms with Crippen LogP contribution in [0.3, 0.4) is 0 Å². The summed E-state index contributed by atoms with van der Waals surface area (Å²) in [6.07, 6.45) is 6.59. The Bertz CT molecular complexity index is 258. The van der Waals surface area contributed by atoms with E-state index in [1.54, 1.807) is 0 Å². The molecule has 84 valence electrons. The van der Waals surface area contributed by atoms with Gasteiger partial charge in [0.05, 0.1) is 13.2 Å². The fourth-order valence-corrected chi connectivity index (χ4v) is 3.93. The summed E-state index contributed by atoms with van der Waals surface area (Å²) < 4.78 is 11.5. The van der Waals surface area contributed by atoms with Gasteiger partial charge in [-0.15, -0.1) is 0 Å².